The zero-order valence-electron chi connectivity index (χ0n) is 16.9. The topological polar surface area (TPSA) is 33.3 Å². The fourth-order valence-corrected chi connectivity index (χ4v) is 6.65. The van der Waals surface area contributed by atoms with Crippen LogP contribution < -0.4 is 10.9 Å². The molecule has 2 fully saturated rings. The minimum absolute atomic E-state index is 0.133. The molecule has 1 spiro atoms. The monoisotopic (exact) mass is 414 g/mol. The maximum absolute atomic E-state index is 6.34. The van der Waals surface area contributed by atoms with Crippen LogP contribution in [0.2, 0.25) is 0 Å². The Morgan fingerprint density at radius 1 is 0.700 bits per heavy atom. The molecule has 0 radical (unpaired) electrons. The van der Waals surface area contributed by atoms with Gasteiger partial charge in [-0.25, -0.2) is 10.9 Å². The van der Waals surface area contributed by atoms with E-state index in [1.54, 1.807) is 0 Å². The molecule has 2 N–H and O–H groups in total. The Labute approximate surface area is 182 Å². The van der Waals surface area contributed by atoms with Gasteiger partial charge in [0.05, 0.1) is 0 Å². The molecule has 3 aromatic rings. The molecule has 1 aliphatic carbocycles. The quantitative estimate of drug-likeness (QED) is 0.521. The van der Waals surface area contributed by atoms with Crippen molar-refractivity contribution in [2.45, 2.75) is 59.8 Å². The Morgan fingerprint density at radius 2 is 1.40 bits per heavy atom. The maximum Gasteiger partial charge on any atom is 0.149 e. The largest absolute Gasteiger partial charge is 0.334 e. The molecule has 2 heterocycles. The minimum Gasteiger partial charge on any atom is -0.334 e. The lowest BCUT2D eigenvalue weighted by Gasteiger charge is -2.43. The van der Waals surface area contributed by atoms with Crippen molar-refractivity contribution < 1.29 is 4.74 Å². The summed E-state index contributed by atoms with van der Waals surface area (Å²) in [7, 11) is 0. The second-order valence-electron chi connectivity index (χ2n) is 8.59. The van der Waals surface area contributed by atoms with E-state index in [0.717, 1.165) is 5.56 Å². The molecule has 3 nitrogen and oxygen atoms in total. The van der Waals surface area contributed by atoms with Crippen molar-refractivity contribution in [1.29, 1.82) is 0 Å². The van der Waals surface area contributed by atoms with Gasteiger partial charge < -0.3 is 4.74 Å². The Hall–Kier alpha value is -2.11. The lowest BCUT2D eigenvalue weighted by atomic mass is 9.65. The highest BCUT2D eigenvalue weighted by molar-refractivity contribution is 7.99. The van der Waals surface area contributed by atoms with E-state index in [1.165, 1.54) is 58.6 Å². The number of benzene rings is 3. The number of hydrazine groups is 1. The third-order valence-electron chi connectivity index (χ3n) is 6.87. The molecule has 0 bridgehead atoms. The van der Waals surface area contributed by atoms with Gasteiger partial charge in [0.15, 0.2) is 0 Å². The predicted molar refractivity (Wildman–Crippen MR) is 120 cm³/mol. The van der Waals surface area contributed by atoms with Gasteiger partial charge in [0.1, 0.15) is 12.5 Å². The highest BCUT2D eigenvalue weighted by Gasteiger charge is 2.42. The molecule has 0 aromatic heterocycles. The average molecular weight is 415 g/mol. The van der Waals surface area contributed by atoms with E-state index < -0.39 is 0 Å². The average Bonchev–Trinajstić information content (AvgIpc) is 3.31. The molecule has 3 aromatic carbocycles. The summed E-state index contributed by atoms with van der Waals surface area (Å²) < 4.78 is 6.34. The van der Waals surface area contributed by atoms with Gasteiger partial charge in [-0.3, -0.25) is 0 Å². The molecule has 2 atom stereocenters. The van der Waals surface area contributed by atoms with Gasteiger partial charge in [0, 0.05) is 15.2 Å². The van der Waals surface area contributed by atoms with Gasteiger partial charge in [0.25, 0.3) is 0 Å². The third-order valence-corrected chi connectivity index (χ3v) is 8.02. The van der Waals surface area contributed by atoms with Crippen molar-refractivity contribution >= 4 is 11.8 Å². The highest BCUT2D eigenvalue weighted by atomic mass is 32.2. The van der Waals surface area contributed by atoms with Crippen LogP contribution in [0, 0.1) is 0 Å². The van der Waals surface area contributed by atoms with Crippen molar-refractivity contribution in [2.24, 2.45) is 0 Å². The molecular weight excluding hydrogens is 388 g/mol. The Balaban J connectivity index is 1.37. The third kappa shape index (κ3) is 3.02. The Morgan fingerprint density at radius 3 is 2.23 bits per heavy atom. The number of nitrogens with one attached hydrogen (secondary N) is 2. The summed E-state index contributed by atoms with van der Waals surface area (Å²) >= 11 is 1.92. The zero-order valence-corrected chi connectivity index (χ0v) is 17.8. The van der Waals surface area contributed by atoms with Crippen LogP contribution in [0.15, 0.2) is 82.6 Å². The number of hydrogen-bond acceptors (Lipinski definition) is 4. The first-order valence-corrected chi connectivity index (χ1v) is 11.8. The van der Waals surface area contributed by atoms with Crippen LogP contribution in [-0.4, -0.2) is 0 Å². The fourth-order valence-electron chi connectivity index (χ4n) is 5.39. The summed E-state index contributed by atoms with van der Waals surface area (Å²) in [5.41, 5.74) is 12.2. The lowest BCUT2D eigenvalue weighted by Crippen LogP contribution is -2.34. The molecule has 30 heavy (non-hydrogen) atoms. The Kier molecular flexibility index (Phi) is 4.69. The summed E-state index contributed by atoms with van der Waals surface area (Å²) in [6, 6.07) is 26.3. The second-order valence-corrected chi connectivity index (χ2v) is 9.68. The van der Waals surface area contributed by atoms with Gasteiger partial charge in [-0.2, -0.15) is 0 Å². The van der Waals surface area contributed by atoms with Crippen molar-refractivity contribution in [2.75, 3.05) is 0 Å². The van der Waals surface area contributed by atoms with Crippen LogP contribution in [0.4, 0.5) is 0 Å². The summed E-state index contributed by atoms with van der Waals surface area (Å²) in [4.78, 5) is 2.84. The standard InChI is InChI=1S/C26H26N2OS/c1-3-9-18(10-4-1)24-27-28-25(29-24)19-13-14-23-21(17-19)26(15-7-2-8-16-26)20-11-5-6-12-22(20)30-23/h1,3-6,9-14,17,24-25,27-28H,2,7-8,15-16H2. The highest BCUT2D eigenvalue weighted by Crippen LogP contribution is 2.55. The van der Waals surface area contributed by atoms with E-state index in [9.17, 15) is 0 Å². The summed E-state index contributed by atoms with van der Waals surface area (Å²) in [6.07, 6.45) is 6.16. The van der Waals surface area contributed by atoms with Crippen LogP contribution in [-0.2, 0) is 10.2 Å². The molecule has 6 rings (SSSR count). The Bertz CT molecular complexity index is 1060. The first kappa shape index (κ1) is 18.6. The molecule has 1 saturated heterocycles. The summed E-state index contributed by atoms with van der Waals surface area (Å²) in [6.45, 7) is 0. The van der Waals surface area contributed by atoms with Gasteiger partial charge in [-0.1, -0.05) is 85.6 Å². The molecule has 1 saturated carbocycles. The summed E-state index contributed by atoms with van der Waals surface area (Å²) in [5, 5.41) is 0. The first-order valence-electron chi connectivity index (χ1n) is 11.0. The van der Waals surface area contributed by atoms with Crippen LogP contribution in [0.3, 0.4) is 0 Å². The van der Waals surface area contributed by atoms with E-state index in [2.05, 4.69) is 65.4 Å². The fraction of sp³-hybridized carbons (Fsp3) is 0.308. The number of fused-ring (bicyclic) bond motifs is 4. The van der Waals surface area contributed by atoms with Crippen LogP contribution in [0.5, 0.6) is 0 Å². The SMILES string of the molecule is c1ccc(C2NNC(c3ccc4c(c3)C3(CCCCC3)c3ccccc3S4)O2)cc1. The van der Waals surface area contributed by atoms with E-state index in [-0.39, 0.29) is 17.9 Å². The van der Waals surface area contributed by atoms with Crippen molar-refractivity contribution in [3.63, 3.8) is 0 Å². The number of rotatable bonds is 2. The van der Waals surface area contributed by atoms with Gasteiger partial charge >= 0.3 is 0 Å². The molecule has 2 unspecified atom stereocenters. The predicted octanol–water partition coefficient (Wildman–Crippen LogP) is 6.22. The first-order chi connectivity index (χ1) is 14.8. The molecule has 2 aliphatic heterocycles. The van der Waals surface area contributed by atoms with Gasteiger partial charge in [-0.05, 0) is 53.3 Å². The van der Waals surface area contributed by atoms with E-state index in [0.29, 0.717) is 0 Å². The second kappa shape index (κ2) is 7.54. The van der Waals surface area contributed by atoms with Gasteiger partial charge in [0.2, 0.25) is 0 Å². The van der Waals surface area contributed by atoms with Crippen LogP contribution in [0.25, 0.3) is 0 Å². The van der Waals surface area contributed by atoms with Gasteiger partial charge in [-0.15, -0.1) is 0 Å². The number of ether oxygens (including phenoxy) is 1. The maximum atomic E-state index is 6.34. The van der Waals surface area contributed by atoms with Crippen molar-refractivity contribution in [3.8, 4) is 0 Å². The molecule has 3 aliphatic rings. The minimum atomic E-state index is -0.150. The lowest BCUT2D eigenvalue weighted by molar-refractivity contribution is 0.0340. The molecule has 0 amide bonds. The smallest absolute Gasteiger partial charge is 0.149 e. The van der Waals surface area contributed by atoms with Crippen LogP contribution >= 0.6 is 11.8 Å². The van der Waals surface area contributed by atoms with Crippen LogP contribution in [0.1, 0.15) is 66.8 Å². The summed E-state index contributed by atoms with van der Waals surface area (Å²) in [5.74, 6) is 0. The molecular formula is C26H26N2OS. The zero-order chi connectivity index (χ0) is 20.0. The molecule has 152 valence electrons. The molecule has 4 heteroatoms. The van der Waals surface area contributed by atoms with E-state index >= 15 is 0 Å². The normalized spacial score (nSPS) is 24.4. The van der Waals surface area contributed by atoms with Crippen molar-refractivity contribution in [3.05, 3.63) is 95.1 Å². The van der Waals surface area contributed by atoms with E-state index in [1.807, 2.05) is 30.0 Å². The number of hydrogen-bond donors (Lipinski definition) is 2. The van der Waals surface area contributed by atoms with E-state index in [4.69, 9.17) is 4.74 Å². The van der Waals surface area contributed by atoms with Crippen molar-refractivity contribution in [1.82, 2.24) is 10.9 Å².